The molecule has 0 fully saturated rings. The number of hydrogen-bond acceptors (Lipinski definition) is 3. The molecule has 1 aromatic heterocycles. The zero-order valence-corrected chi connectivity index (χ0v) is 10.5. The van der Waals surface area contributed by atoms with Crippen molar-refractivity contribution in [2.75, 3.05) is 0 Å². The summed E-state index contributed by atoms with van der Waals surface area (Å²) in [5.41, 5.74) is 0.805. The van der Waals surface area contributed by atoms with E-state index in [1.165, 1.54) is 6.92 Å². The second kappa shape index (κ2) is 5.48. The van der Waals surface area contributed by atoms with Gasteiger partial charge in [0.05, 0.1) is 0 Å². The molecule has 0 bridgehead atoms. The Kier molecular flexibility index (Phi) is 3.75. The quantitative estimate of drug-likeness (QED) is 0.868. The maximum atomic E-state index is 11.1. The molecular formula is C14H14N2O3. The van der Waals surface area contributed by atoms with Crippen LogP contribution in [0, 0.1) is 0 Å². The molecule has 2 rings (SSSR count). The predicted octanol–water partition coefficient (Wildman–Crippen LogP) is 1.37. The molecule has 5 heteroatoms. The lowest BCUT2D eigenvalue weighted by Crippen LogP contribution is -2.41. The number of pyridine rings is 1. The Hall–Kier alpha value is -2.43. The van der Waals surface area contributed by atoms with Gasteiger partial charge in [0.25, 0.3) is 0 Å². The zero-order valence-electron chi connectivity index (χ0n) is 10.5. The summed E-state index contributed by atoms with van der Waals surface area (Å²) in [6.07, 6.45) is 3.58. The first kappa shape index (κ1) is 13.0. The van der Waals surface area contributed by atoms with Crippen molar-refractivity contribution in [3.05, 3.63) is 42.2 Å². The number of carboxylic acids is 1. The molecule has 1 amide bonds. The van der Waals surface area contributed by atoms with Gasteiger partial charge in [-0.1, -0.05) is 24.3 Å². The van der Waals surface area contributed by atoms with Crippen molar-refractivity contribution < 1.29 is 14.7 Å². The highest BCUT2D eigenvalue weighted by Gasteiger charge is 2.19. The van der Waals surface area contributed by atoms with Crippen LogP contribution in [-0.4, -0.2) is 28.0 Å². The smallest absolute Gasteiger partial charge is 0.326 e. The van der Waals surface area contributed by atoms with Crippen LogP contribution in [0.1, 0.15) is 12.5 Å². The van der Waals surface area contributed by atoms with Crippen LogP contribution < -0.4 is 5.32 Å². The van der Waals surface area contributed by atoms with Crippen molar-refractivity contribution in [1.82, 2.24) is 10.3 Å². The second-order valence-electron chi connectivity index (χ2n) is 4.32. The van der Waals surface area contributed by atoms with E-state index >= 15 is 0 Å². The van der Waals surface area contributed by atoms with Gasteiger partial charge in [0, 0.05) is 31.1 Å². The third-order valence-electron chi connectivity index (χ3n) is 2.85. The number of rotatable bonds is 4. The van der Waals surface area contributed by atoms with E-state index in [0.29, 0.717) is 0 Å². The van der Waals surface area contributed by atoms with Gasteiger partial charge in [-0.3, -0.25) is 9.78 Å². The van der Waals surface area contributed by atoms with E-state index in [4.69, 9.17) is 5.11 Å². The number of carbonyl (C=O) groups is 2. The van der Waals surface area contributed by atoms with Crippen LogP contribution >= 0.6 is 0 Å². The summed E-state index contributed by atoms with van der Waals surface area (Å²) >= 11 is 0. The number of aromatic nitrogens is 1. The van der Waals surface area contributed by atoms with E-state index < -0.39 is 12.0 Å². The van der Waals surface area contributed by atoms with E-state index in [1.54, 1.807) is 12.4 Å². The molecule has 2 N–H and O–H groups in total. The number of carboxylic acid groups (broad SMARTS) is 1. The van der Waals surface area contributed by atoms with Gasteiger partial charge < -0.3 is 10.4 Å². The fourth-order valence-electron chi connectivity index (χ4n) is 2.01. The maximum Gasteiger partial charge on any atom is 0.326 e. The minimum Gasteiger partial charge on any atom is -0.480 e. The Morgan fingerprint density at radius 3 is 2.74 bits per heavy atom. The fourth-order valence-corrected chi connectivity index (χ4v) is 2.01. The second-order valence-corrected chi connectivity index (χ2v) is 4.32. The summed E-state index contributed by atoms with van der Waals surface area (Å²) in [6.45, 7) is 1.30. The molecule has 98 valence electrons. The summed E-state index contributed by atoms with van der Waals surface area (Å²) in [6, 6.07) is 6.68. The predicted molar refractivity (Wildman–Crippen MR) is 70.7 cm³/mol. The lowest BCUT2D eigenvalue weighted by molar-refractivity contribution is -0.141. The Morgan fingerprint density at radius 2 is 2.05 bits per heavy atom. The van der Waals surface area contributed by atoms with Crippen molar-refractivity contribution in [3.8, 4) is 0 Å². The minimum atomic E-state index is -1.05. The van der Waals surface area contributed by atoms with E-state index in [0.717, 1.165) is 16.3 Å². The fraction of sp³-hybridized carbons (Fsp3) is 0.214. The average Bonchev–Trinajstić information content (AvgIpc) is 2.37. The lowest BCUT2D eigenvalue weighted by atomic mass is 10.0. The number of benzene rings is 1. The molecule has 0 saturated heterocycles. The van der Waals surface area contributed by atoms with Gasteiger partial charge in [0.15, 0.2) is 0 Å². The first-order valence-electron chi connectivity index (χ1n) is 5.89. The topological polar surface area (TPSA) is 79.3 Å². The van der Waals surface area contributed by atoms with Crippen molar-refractivity contribution >= 4 is 22.6 Å². The highest BCUT2D eigenvalue weighted by molar-refractivity contribution is 5.86. The van der Waals surface area contributed by atoms with Crippen molar-refractivity contribution in [3.63, 3.8) is 0 Å². The van der Waals surface area contributed by atoms with E-state index in [2.05, 4.69) is 10.3 Å². The van der Waals surface area contributed by atoms with Crippen molar-refractivity contribution in [1.29, 1.82) is 0 Å². The summed E-state index contributed by atoms with van der Waals surface area (Å²) in [7, 11) is 0. The van der Waals surface area contributed by atoms with Crippen molar-refractivity contribution in [2.45, 2.75) is 19.4 Å². The van der Waals surface area contributed by atoms with Gasteiger partial charge in [-0.2, -0.15) is 0 Å². The van der Waals surface area contributed by atoms with Crippen LogP contribution in [0.25, 0.3) is 10.8 Å². The number of nitrogens with zero attached hydrogens (tertiary/aromatic N) is 1. The molecule has 1 atom stereocenters. The standard InChI is InChI=1S/C14H14N2O3/c1-9(17)16-13(14(18)19)6-11-8-15-7-10-4-2-3-5-12(10)11/h2-5,7-8,13H,6H2,1H3,(H,16,17)(H,18,19). The number of nitrogens with one attached hydrogen (secondary N) is 1. The number of hydrogen-bond donors (Lipinski definition) is 2. The van der Waals surface area contributed by atoms with Gasteiger partial charge in [-0.15, -0.1) is 0 Å². The molecule has 1 unspecified atom stereocenters. The Labute approximate surface area is 110 Å². The molecule has 0 aliphatic carbocycles. The van der Waals surface area contributed by atoms with Gasteiger partial charge in [-0.25, -0.2) is 4.79 Å². The molecule has 0 aliphatic rings. The molecular weight excluding hydrogens is 244 g/mol. The van der Waals surface area contributed by atoms with E-state index in [-0.39, 0.29) is 12.3 Å². The van der Waals surface area contributed by atoms with Crippen LogP contribution in [0.2, 0.25) is 0 Å². The van der Waals surface area contributed by atoms with Gasteiger partial charge in [0.1, 0.15) is 6.04 Å². The normalized spacial score (nSPS) is 12.1. The Balaban J connectivity index is 2.33. The first-order chi connectivity index (χ1) is 9.08. The summed E-state index contributed by atoms with van der Waals surface area (Å²) in [5, 5.41) is 13.5. The Bertz CT molecular complexity index is 620. The molecule has 19 heavy (non-hydrogen) atoms. The van der Waals surface area contributed by atoms with Gasteiger partial charge in [-0.05, 0) is 10.9 Å². The Morgan fingerprint density at radius 1 is 1.32 bits per heavy atom. The molecule has 0 aliphatic heterocycles. The molecule has 0 saturated carbocycles. The van der Waals surface area contributed by atoms with Crippen LogP contribution in [0.15, 0.2) is 36.7 Å². The first-order valence-corrected chi connectivity index (χ1v) is 5.89. The number of aliphatic carboxylic acids is 1. The monoisotopic (exact) mass is 258 g/mol. The molecule has 2 aromatic rings. The zero-order chi connectivity index (χ0) is 13.8. The van der Waals surface area contributed by atoms with Gasteiger partial charge in [0.2, 0.25) is 5.91 Å². The molecule has 0 spiro atoms. The summed E-state index contributed by atoms with van der Waals surface area (Å²) in [5.74, 6) is -1.41. The molecule has 1 heterocycles. The number of fused-ring (bicyclic) bond motifs is 1. The molecule has 5 nitrogen and oxygen atoms in total. The molecule has 1 aromatic carbocycles. The largest absolute Gasteiger partial charge is 0.480 e. The highest BCUT2D eigenvalue weighted by atomic mass is 16.4. The third-order valence-corrected chi connectivity index (χ3v) is 2.85. The lowest BCUT2D eigenvalue weighted by Gasteiger charge is -2.14. The van der Waals surface area contributed by atoms with E-state index in [9.17, 15) is 9.59 Å². The molecule has 0 radical (unpaired) electrons. The van der Waals surface area contributed by atoms with E-state index in [1.807, 2.05) is 24.3 Å². The third kappa shape index (κ3) is 3.07. The van der Waals surface area contributed by atoms with Crippen molar-refractivity contribution in [2.24, 2.45) is 0 Å². The summed E-state index contributed by atoms with van der Waals surface area (Å²) < 4.78 is 0. The van der Waals surface area contributed by atoms with Crippen LogP contribution in [0.5, 0.6) is 0 Å². The van der Waals surface area contributed by atoms with Crippen LogP contribution in [0.3, 0.4) is 0 Å². The number of amides is 1. The average molecular weight is 258 g/mol. The van der Waals surface area contributed by atoms with Crippen LogP contribution in [-0.2, 0) is 16.0 Å². The number of carbonyl (C=O) groups excluding carboxylic acids is 1. The maximum absolute atomic E-state index is 11.1. The minimum absolute atomic E-state index is 0.212. The SMILES string of the molecule is CC(=O)NC(Cc1cncc2ccccc12)C(=O)O. The van der Waals surface area contributed by atoms with Crippen LogP contribution in [0.4, 0.5) is 0 Å². The van der Waals surface area contributed by atoms with Gasteiger partial charge >= 0.3 is 5.97 Å². The highest BCUT2D eigenvalue weighted by Crippen LogP contribution is 2.18. The summed E-state index contributed by atoms with van der Waals surface area (Å²) in [4.78, 5) is 26.3.